The van der Waals surface area contributed by atoms with Crippen LogP contribution >= 0.6 is 34.8 Å². The molecule has 0 saturated carbocycles. The van der Waals surface area contributed by atoms with Gasteiger partial charge in [-0.2, -0.15) is 5.10 Å². The molecule has 98 valence electrons. The summed E-state index contributed by atoms with van der Waals surface area (Å²) in [5.41, 5.74) is 1.62. The second-order valence-corrected chi connectivity index (χ2v) is 5.14. The van der Waals surface area contributed by atoms with Crippen LogP contribution in [0.5, 0.6) is 0 Å². The van der Waals surface area contributed by atoms with Crippen LogP contribution in [-0.4, -0.2) is 37.0 Å². The zero-order chi connectivity index (χ0) is 13.1. The predicted molar refractivity (Wildman–Crippen MR) is 76.1 cm³/mol. The van der Waals surface area contributed by atoms with Crippen LogP contribution in [-0.2, 0) is 4.74 Å². The highest BCUT2D eigenvalue weighted by molar-refractivity contribution is 6.49. The van der Waals surface area contributed by atoms with Gasteiger partial charge in [-0.25, -0.2) is 0 Å². The second kappa shape index (κ2) is 6.11. The van der Waals surface area contributed by atoms with Gasteiger partial charge in [0, 0.05) is 5.56 Å². The molecule has 1 aliphatic heterocycles. The minimum Gasteiger partial charge on any atom is -0.378 e. The van der Waals surface area contributed by atoms with E-state index in [2.05, 4.69) is 5.10 Å². The van der Waals surface area contributed by atoms with Gasteiger partial charge in [0.15, 0.2) is 0 Å². The lowest BCUT2D eigenvalue weighted by Gasteiger charge is -2.24. The predicted octanol–water partition coefficient (Wildman–Crippen LogP) is 3.70. The van der Waals surface area contributed by atoms with E-state index in [0.29, 0.717) is 28.3 Å². The van der Waals surface area contributed by atoms with Gasteiger partial charge in [-0.3, -0.25) is 5.01 Å². The van der Waals surface area contributed by atoms with E-state index in [9.17, 15) is 0 Å². The van der Waals surface area contributed by atoms with Crippen LogP contribution in [0.1, 0.15) is 12.5 Å². The monoisotopic (exact) mass is 306 g/mol. The molecule has 6 heteroatoms. The van der Waals surface area contributed by atoms with E-state index in [-0.39, 0.29) is 0 Å². The zero-order valence-electron chi connectivity index (χ0n) is 9.92. The molecule has 0 aliphatic carbocycles. The SMILES string of the molecule is C/C(=N/N1CCOCC1)c1ccc(Cl)c(Cl)c1Cl. The molecule has 1 saturated heterocycles. The Labute approximate surface area is 121 Å². The quantitative estimate of drug-likeness (QED) is 0.615. The van der Waals surface area contributed by atoms with Crippen molar-refractivity contribution in [3.05, 3.63) is 32.8 Å². The van der Waals surface area contributed by atoms with Gasteiger partial charge in [0.1, 0.15) is 0 Å². The van der Waals surface area contributed by atoms with Crippen LogP contribution in [0.2, 0.25) is 15.1 Å². The average Bonchev–Trinajstić information content (AvgIpc) is 2.37. The number of ether oxygens (including phenoxy) is 1. The summed E-state index contributed by atoms with van der Waals surface area (Å²) in [6, 6.07) is 3.55. The maximum atomic E-state index is 6.17. The summed E-state index contributed by atoms with van der Waals surface area (Å²) in [6.45, 7) is 4.88. The molecule has 0 spiro atoms. The molecule has 3 nitrogen and oxygen atoms in total. The van der Waals surface area contributed by atoms with Crippen LogP contribution < -0.4 is 0 Å². The molecule has 0 radical (unpaired) electrons. The van der Waals surface area contributed by atoms with E-state index in [1.807, 2.05) is 18.0 Å². The van der Waals surface area contributed by atoms with Gasteiger partial charge in [-0.1, -0.05) is 40.9 Å². The van der Waals surface area contributed by atoms with Crippen molar-refractivity contribution in [3.63, 3.8) is 0 Å². The molecule has 1 fully saturated rings. The highest BCUT2D eigenvalue weighted by Crippen LogP contribution is 2.33. The van der Waals surface area contributed by atoms with Crippen molar-refractivity contribution >= 4 is 40.5 Å². The Morgan fingerprint density at radius 3 is 2.50 bits per heavy atom. The molecule has 0 amide bonds. The van der Waals surface area contributed by atoms with Gasteiger partial charge < -0.3 is 4.74 Å². The summed E-state index contributed by atoms with van der Waals surface area (Å²) in [7, 11) is 0. The van der Waals surface area contributed by atoms with E-state index in [1.54, 1.807) is 6.07 Å². The van der Waals surface area contributed by atoms with E-state index in [1.165, 1.54) is 0 Å². The van der Waals surface area contributed by atoms with Crippen molar-refractivity contribution < 1.29 is 4.74 Å². The van der Waals surface area contributed by atoms with Crippen molar-refractivity contribution in [1.29, 1.82) is 0 Å². The molecule has 0 bridgehead atoms. The first-order chi connectivity index (χ1) is 8.59. The third-order valence-corrected chi connectivity index (χ3v) is 4.00. The fourth-order valence-corrected chi connectivity index (χ4v) is 2.40. The Bertz CT molecular complexity index is 471. The number of rotatable bonds is 2. The average molecular weight is 308 g/mol. The van der Waals surface area contributed by atoms with Crippen molar-refractivity contribution in [1.82, 2.24) is 5.01 Å². The summed E-state index contributed by atoms with van der Waals surface area (Å²) in [5, 5.41) is 7.75. The molecule has 0 N–H and O–H groups in total. The molecular weight excluding hydrogens is 295 g/mol. The van der Waals surface area contributed by atoms with Crippen LogP contribution in [0.3, 0.4) is 0 Å². The third-order valence-electron chi connectivity index (χ3n) is 2.70. The molecule has 0 aromatic heterocycles. The Morgan fingerprint density at radius 1 is 1.17 bits per heavy atom. The fourth-order valence-electron chi connectivity index (χ4n) is 1.73. The van der Waals surface area contributed by atoms with Crippen molar-refractivity contribution in [3.8, 4) is 0 Å². The molecule has 1 heterocycles. The molecular formula is C12H13Cl3N2O. The highest BCUT2D eigenvalue weighted by atomic mass is 35.5. The Morgan fingerprint density at radius 2 is 1.83 bits per heavy atom. The number of nitrogens with zero attached hydrogens (tertiary/aromatic N) is 2. The maximum Gasteiger partial charge on any atom is 0.0785 e. The normalized spacial score (nSPS) is 17.1. The lowest BCUT2D eigenvalue weighted by atomic mass is 10.1. The van der Waals surface area contributed by atoms with Crippen molar-refractivity contribution in [2.24, 2.45) is 5.10 Å². The zero-order valence-corrected chi connectivity index (χ0v) is 12.2. The van der Waals surface area contributed by atoms with Gasteiger partial charge in [0.05, 0.1) is 47.1 Å². The minimum absolute atomic E-state index is 0.368. The highest BCUT2D eigenvalue weighted by Gasteiger charge is 2.13. The molecule has 1 aromatic rings. The number of morpholine rings is 1. The number of halogens is 3. The van der Waals surface area contributed by atoms with Gasteiger partial charge in [0.25, 0.3) is 0 Å². The van der Waals surface area contributed by atoms with E-state index < -0.39 is 0 Å². The number of benzene rings is 1. The van der Waals surface area contributed by atoms with Gasteiger partial charge in [0.2, 0.25) is 0 Å². The molecule has 1 aromatic carbocycles. The molecule has 0 atom stereocenters. The van der Waals surface area contributed by atoms with E-state index in [0.717, 1.165) is 24.4 Å². The second-order valence-electron chi connectivity index (χ2n) is 3.97. The molecule has 2 rings (SSSR count). The summed E-state index contributed by atoms with van der Waals surface area (Å²) >= 11 is 18.1. The summed E-state index contributed by atoms with van der Waals surface area (Å²) < 4.78 is 5.27. The molecule has 0 unspecified atom stereocenters. The van der Waals surface area contributed by atoms with E-state index >= 15 is 0 Å². The van der Waals surface area contributed by atoms with Crippen molar-refractivity contribution in [2.45, 2.75) is 6.92 Å². The van der Waals surface area contributed by atoms with E-state index in [4.69, 9.17) is 39.5 Å². The summed E-state index contributed by atoms with van der Waals surface area (Å²) in [4.78, 5) is 0. The lowest BCUT2D eigenvalue weighted by Crippen LogP contribution is -2.33. The summed E-state index contributed by atoms with van der Waals surface area (Å²) in [5.74, 6) is 0. The number of hydrogen-bond acceptors (Lipinski definition) is 3. The first-order valence-electron chi connectivity index (χ1n) is 5.61. The Kier molecular flexibility index (Phi) is 4.73. The lowest BCUT2D eigenvalue weighted by molar-refractivity contribution is 0.0393. The van der Waals surface area contributed by atoms with Crippen LogP contribution in [0, 0.1) is 0 Å². The number of hydrogen-bond donors (Lipinski definition) is 0. The maximum absolute atomic E-state index is 6.17. The largest absolute Gasteiger partial charge is 0.378 e. The smallest absolute Gasteiger partial charge is 0.0785 e. The third kappa shape index (κ3) is 3.09. The van der Waals surface area contributed by atoms with Crippen molar-refractivity contribution in [2.75, 3.05) is 26.3 Å². The minimum atomic E-state index is 0.368. The Balaban J connectivity index is 2.25. The molecule has 1 aliphatic rings. The first kappa shape index (κ1) is 13.9. The fraction of sp³-hybridized carbons (Fsp3) is 0.417. The first-order valence-corrected chi connectivity index (χ1v) is 6.74. The van der Waals surface area contributed by atoms with Crippen LogP contribution in [0.15, 0.2) is 17.2 Å². The summed E-state index contributed by atoms with van der Waals surface area (Å²) in [6.07, 6.45) is 0. The number of hydrazone groups is 1. The Hall–Kier alpha value is -0.480. The van der Waals surface area contributed by atoms with Gasteiger partial charge in [-0.05, 0) is 13.0 Å². The van der Waals surface area contributed by atoms with Crippen LogP contribution in [0.4, 0.5) is 0 Å². The standard InChI is InChI=1S/C12H13Cl3N2O/c1-8(16-17-4-6-18-7-5-17)9-2-3-10(13)12(15)11(9)14/h2-3H,4-7H2,1H3/b16-8-. The van der Waals surface area contributed by atoms with Gasteiger partial charge >= 0.3 is 0 Å². The topological polar surface area (TPSA) is 24.8 Å². The van der Waals surface area contributed by atoms with Gasteiger partial charge in [-0.15, -0.1) is 0 Å². The van der Waals surface area contributed by atoms with Crippen LogP contribution in [0.25, 0.3) is 0 Å². The molecule has 18 heavy (non-hydrogen) atoms.